The second-order valence-corrected chi connectivity index (χ2v) is 5.32. The third-order valence-electron chi connectivity index (χ3n) is 3.39. The lowest BCUT2D eigenvalue weighted by molar-refractivity contribution is -0.143. The maximum Gasteiger partial charge on any atom is 0.387 e. The quantitative estimate of drug-likeness (QED) is 0.155. The van der Waals surface area contributed by atoms with Crippen LogP contribution in [-0.4, -0.2) is 45.3 Å². The lowest BCUT2D eigenvalue weighted by Gasteiger charge is -2.17. The highest BCUT2D eigenvalue weighted by molar-refractivity contribution is 14.0. The number of guanidine groups is 1. The van der Waals surface area contributed by atoms with Crippen LogP contribution in [0.1, 0.15) is 32.3 Å². The van der Waals surface area contributed by atoms with E-state index in [1.54, 1.807) is 39.1 Å². The monoisotopic (exact) mass is 515 g/mol. The smallest absolute Gasteiger partial charge is 0.387 e. The Balaban J connectivity index is 0.00000729. The molecule has 0 atom stereocenters. The van der Waals surface area contributed by atoms with Crippen molar-refractivity contribution in [3.05, 3.63) is 23.8 Å². The van der Waals surface area contributed by atoms with Gasteiger partial charge in [-0.25, -0.2) is 0 Å². The third kappa shape index (κ3) is 9.90. The van der Waals surface area contributed by atoms with E-state index in [0.717, 1.165) is 0 Å². The van der Waals surface area contributed by atoms with Gasteiger partial charge in [0.15, 0.2) is 17.5 Å². The number of ether oxygens (including phenoxy) is 3. The van der Waals surface area contributed by atoms with Gasteiger partial charge in [-0.2, -0.15) is 8.78 Å². The molecule has 0 aliphatic heterocycles. The summed E-state index contributed by atoms with van der Waals surface area (Å²) in [4.78, 5) is 15.4. The standard InChI is InChI=1S/C18H27F2N3O4.HI/c1-4-25-14-9-6-8-13(16(14)27-17(19)20)12-23-18(21-3)22-11-7-10-15(24)26-5-2;/h6,8-9,17H,4-5,7,10-12H2,1-3H3,(H2,21,22,23);1H. The average Bonchev–Trinajstić information content (AvgIpc) is 2.63. The van der Waals surface area contributed by atoms with Crippen molar-refractivity contribution < 1.29 is 27.8 Å². The molecule has 1 aromatic carbocycles. The number of hydrogen-bond donors (Lipinski definition) is 2. The van der Waals surface area contributed by atoms with Gasteiger partial charge in [0.2, 0.25) is 0 Å². The molecule has 0 heterocycles. The van der Waals surface area contributed by atoms with Crippen molar-refractivity contribution in [2.75, 3.05) is 26.8 Å². The van der Waals surface area contributed by atoms with Crippen molar-refractivity contribution in [1.82, 2.24) is 10.6 Å². The summed E-state index contributed by atoms with van der Waals surface area (Å²) < 4.78 is 40.3. The summed E-state index contributed by atoms with van der Waals surface area (Å²) in [6.45, 7) is 1.98. The second kappa shape index (κ2) is 15.1. The largest absolute Gasteiger partial charge is 0.490 e. The van der Waals surface area contributed by atoms with Gasteiger partial charge < -0.3 is 24.8 Å². The van der Waals surface area contributed by atoms with Crippen molar-refractivity contribution in [2.45, 2.75) is 39.8 Å². The second-order valence-electron chi connectivity index (χ2n) is 5.32. The van der Waals surface area contributed by atoms with Gasteiger partial charge >= 0.3 is 12.6 Å². The first-order valence-electron chi connectivity index (χ1n) is 8.81. The minimum atomic E-state index is -2.95. The SMILES string of the molecule is CCOC(=O)CCCNC(=NC)NCc1cccc(OCC)c1OC(F)F.I. The van der Waals surface area contributed by atoms with Gasteiger partial charge in [0.25, 0.3) is 0 Å². The summed E-state index contributed by atoms with van der Waals surface area (Å²) in [5.74, 6) is 0.488. The Kier molecular flexibility index (Phi) is 14.1. The number of alkyl halides is 2. The predicted octanol–water partition coefficient (Wildman–Crippen LogP) is 3.31. The summed E-state index contributed by atoms with van der Waals surface area (Å²) in [7, 11) is 1.59. The number of halogens is 3. The van der Waals surface area contributed by atoms with Gasteiger partial charge in [-0.05, 0) is 26.3 Å². The molecule has 0 saturated heterocycles. The van der Waals surface area contributed by atoms with Crippen LogP contribution in [0, 0.1) is 0 Å². The lowest BCUT2D eigenvalue weighted by atomic mass is 10.2. The van der Waals surface area contributed by atoms with Crippen LogP contribution in [0.2, 0.25) is 0 Å². The Morgan fingerprint density at radius 1 is 1.21 bits per heavy atom. The van der Waals surface area contributed by atoms with Gasteiger partial charge in [-0.15, -0.1) is 24.0 Å². The van der Waals surface area contributed by atoms with E-state index in [1.807, 2.05) is 0 Å². The first kappa shape index (κ1) is 26.1. The van der Waals surface area contributed by atoms with Gasteiger partial charge in [-0.3, -0.25) is 9.79 Å². The molecule has 0 fully saturated rings. The number of nitrogens with zero attached hydrogens (tertiary/aromatic N) is 1. The molecule has 2 N–H and O–H groups in total. The van der Waals surface area contributed by atoms with E-state index in [2.05, 4.69) is 20.4 Å². The van der Waals surface area contributed by atoms with Crippen molar-refractivity contribution >= 4 is 35.9 Å². The maximum atomic E-state index is 12.7. The fourth-order valence-corrected chi connectivity index (χ4v) is 2.26. The molecule has 0 aliphatic rings. The van der Waals surface area contributed by atoms with Crippen molar-refractivity contribution in [3.63, 3.8) is 0 Å². The fourth-order valence-electron chi connectivity index (χ4n) is 2.26. The average molecular weight is 515 g/mol. The maximum absolute atomic E-state index is 12.7. The number of hydrogen-bond acceptors (Lipinski definition) is 5. The van der Waals surface area contributed by atoms with Crippen LogP contribution in [0.25, 0.3) is 0 Å². The molecule has 0 spiro atoms. The number of benzene rings is 1. The molecular formula is C18H28F2IN3O4. The zero-order valence-electron chi connectivity index (χ0n) is 16.3. The molecule has 0 unspecified atom stereocenters. The van der Waals surface area contributed by atoms with E-state index in [0.29, 0.717) is 44.1 Å². The molecule has 0 radical (unpaired) electrons. The summed E-state index contributed by atoms with van der Waals surface area (Å²) in [5.41, 5.74) is 0.510. The topological polar surface area (TPSA) is 81.2 Å². The molecule has 160 valence electrons. The Bertz CT molecular complexity index is 618. The van der Waals surface area contributed by atoms with Crippen LogP contribution in [0.15, 0.2) is 23.2 Å². The molecule has 0 aromatic heterocycles. The number of carbonyl (C=O) groups excluding carboxylic acids is 1. The highest BCUT2D eigenvalue weighted by Crippen LogP contribution is 2.32. The summed E-state index contributed by atoms with van der Waals surface area (Å²) in [6, 6.07) is 4.95. The Hall–Kier alpha value is -1.85. The zero-order chi connectivity index (χ0) is 20.1. The normalized spacial score (nSPS) is 10.9. The van der Waals surface area contributed by atoms with Gasteiger partial charge in [0, 0.05) is 32.1 Å². The van der Waals surface area contributed by atoms with Gasteiger partial charge in [-0.1, -0.05) is 12.1 Å². The van der Waals surface area contributed by atoms with Gasteiger partial charge in [0.05, 0.1) is 13.2 Å². The number of nitrogens with one attached hydrogen (secondary N) is 2. The van der Waals surface area contributed by atoms with E-state index < -0.39 is 6.61 Å². The third-order valence-corrected chi connectivity index (χ3v) is 3.39. The number of para-hydroxylation sites is 1. The van der Waals surface area contributed by atoms with Crippen LogP contribution in [0.4, 0.5) is 8.78 Å². The van der Waals surface area contributed by atoms with E-state index in [-0.39, 0.29) is 48.0 Å². The molecule has 7 nitrogen and oxygen atoms in total. The molecular weight excluding hydrogens is 487 g/mol. The van der Waals surface area contributed by atoms with Crippen molar-refractivity contribution in [2.24, 2.45) is 4.99 Å². The van der Waals surface area contributed by atoms with Gasteiger partial charge in [0.1, 0.15) is 0 Å². The van der Waals surface area contributed by atoms with Crippen LogP contribution >= 0.6 is 24.0 Å². The molecule has 1 aromatic rings. The molecule has 0 aliphatic carbocycles. The number of rotatable bonds is 11. The highest BCUT2D eigenvalue weighted by atomic mass is 127. The van der Waals surface area contributed by atoms with E-state index in [4.69, 9.17) is 9.47 Å². The molecule has 0 saturated carbocycles. The minimum Gasteiger partial charge on any atom is -0.490 e. The first-order valence-corrected chi connectivity index (χ1v) is 8.81. The number of carbonyl (C=O) groups is 1. The van der Waals surface area contributed by atoms with Crippen molar-refractivity contribution in [3.8, 4) is 11.5 Å². The van der Waals surface area contributed by atoms with E-state index in [1.165, 1.54) is 0 Å². The molecule has 28 heavy (non-hydrogen) atoms. The molecule has 1 rings (SSSR count). The molecule has 0 amide bonds. The Morgan fingerprint density at radius 3 is 2.57 bits per heavy atom. The number of aliphatic imine (C=N–C) groups is 1. The Labute approximate surface area is 181 Å². The van der Waals surface area contributed by atoms with Crippen LogP contribution in [0.5, 0.6) is 11.5 Å². The summed E-state index contributed by atoms with van der Waals surface area (Å²) in [6.07, 6.45) is 0.889. The van der Waals surface area contributed by atoms with E-state index >= 15 is 0 Å². The summed E-state index contributed by atoms with van der Waals surface area (Å²) in [5, 5.41) is 6.07. The van der Waals surface area contributed by atoms with Crippen LogP contribution < -0.4 is 20.1 Å². The lowest BCUT2D eigenvalue weighted by Crippen LogP contribution is -2.37. The fraction of sp³-hybridized carbons (Fsp3) is 0.556. The molecule has 10 heteroatoms. The Morgan fingerprint density at radius 2 is 1.96 bits per heavy atom. The first-order chi connectivity index (χ1) is 13.0. The van der Waals surface area contributed by atoms with Crippen LogP contribution in [-0.2, 0) is 16.1 Å². The summed E-state index contributed by atoms with van der Waals surface area (Å²) >= 11 is 0. The van der Waals surface area contributed by atoms with Crippen LogP contribution in [0.3, 0.4) is 0 Å². The number of esters is 1. The zero-order valence-corrected chi connectivity index (χ0v) is 18.6. The molecule has 0 bridgehead atoms. The van der Waals surface area contributed by atoms with Crippen molar-refractivity contribution in [1.29, 1.82) is 0 Å². The highest BCUT2D eigenvalue weighted by Gasteiger charge is 2.16. The van der Waals surface area contributed by atoms with E-state index in [9.17, 15) is 13.6 Å². The predicted molar refractivity (Wildman–Crippen MR) is 114 cm³/mol. The minimum absolute atomic E-state index is 0.